The first-order valence-corrected chi connectivity index (χ1v) is 7.18. The summed E-state index contributed by atoms with van der Waals surface area (Å²) >= 11 is 1.97. The van der Waals surface area contributed by atoms with E-state index in [1.807, 2.05) is 21.2 Å². The van der Waals surface area contributed by atoms with Gasteiger partial charge in [-0.3, -0.25) is 0 Å². The van der Waals surface area contributed by atoms with Gasteiger partial charge in [0.15, 0.2) is 0 Å². The molecule has 0 bridgehead atoms. The van der Waals surface area contributed by atoms with Crippen molar-refractivity contribution < 1.29 is 4.55 Å². The van der Waals surface area contributed by atoms with Crippen LogP contribution < -0.4 is 0 Å². The minimum atomic E-state index is -0.599. The number of halogens is 1. The molecule has 0 aliphatic heterocycles. The third-order valence-corrected chi connectivity index (χ3v) is 3.09. The molecule has 1 nitrogen and oxygen atoms in total. The lowest BCUT2D eigenvalue weighted by Gasteiger charge is -1.99. The number of hydrogen-bond donors (Lipinski definition) is 0. The molecular weight excluding hydrogens is 247 g/mol. The molecule has 0 amide bonds. The highest BCUT2D eigenvalue weighted by Crippen LogP contribution is 2.07. The lowest BCUT2D eigenvalue weighted by atomic mass is 10.2. The molecule has 0 saturated heterocycles. The van der Waals surface area contributed by atoms with E-state index in [1.54, 1.807) is 0 Å². The van der Waals surface area contributed by atoms with Crippen molar-refractivity contribution in [3.05, 3.63) is 0 Å². The van der Waals surface area contributed by atoms with Gasteiger partial charge in [0.2, 0.25) is 21.2 Å². The van der Waals surface area contributed by atoms with Crippen LogP contribution in [0, 0.1) is 0 Å². The molecule has 1 atom stereocenters. The molecule has 0 aromatic heterocycles. The molecule has 0 aliphatic carbocycles. The van der Waals surface area contributed by atoms with Crippen LogP contribution >= 0.6 is 21.2 Å². The maximum absolute atomic E-state index is 10.5. The zero-order valence-corrected chi connectivity index (χ0v) is 8.70. The van der Waals surface area contributed by atoms with Crippen molar-refractivity contribution in [2.75, 3.05) is 5.75 Å². The maximum atomic E-state index is 10.5. The van der Waals surface area contributed by atoms with Crippen LogP contribution in [0.25, 0.3) is 0 Å². The summed E-state index contributed by atoms with van der Waals surface area (Å²) < 4.78 is 10.5. The van der Waals surface area contributed by atoms with Crippen LogP contribution in [0.2, 0.25) is 0 Å². The van der Waals surface area contributed by atoms with Crippen LogP contribution in [0.4, 0.5) is 0 Å². The molecule has 3 heteroatoms. The molecule has 0 rings (SSSR count). The second-order valence-electron chi connectivity index (χ2n) is 2.05. The second-order valence-corrected chi connectivity index (χ2v) is 5.99. The van der Waals surface area contributed by atoms with Crippen LogP contribution in [0.15, 0.2) is 0 Å². The molecule has 0 saturated carbocycles. The standard InChI is InChI=1S/C6H13IOS/c1-2-3-4-5-6-9(7)8/h2-6H2,1H3. The Balaban J connectivity index is 2.75. The number of unbranched alkanes of at least 4 members (excludes halogenated alkanes) is 3. The van der Waals surface area contributed by atoms with Crippen LogP contribution in [-0.4, -0.2) is 10.3 Å². The van der Waals surface area contributed by atoms with Gasteiger partial charge in [-0.15, -0.1) is 0 Å². The highest BCUT2D eigenvalue weighted by Gasteiger charge is 1.97. The monoisotopic (exact) mass is 260 g/mol. The lowest BCUT2D eigenvalue weighted by molar-refractivity contribution is 0.604. The molecule has 0 N–H and O–H groups in total. The van der Waals surface area contributed by atoms with E-state index in [4.69, 9.17) is 0 Å². The summed E-state index contributed by atoms with van der Waals surface area (Å²) in [5.74, 6) is 0.876. The first kappa shape index (κ1) is 10.0. The van der Waals surface area contributed by atoms with Crippen LogP contribution in [0.3, 0.4) is 0 Å². The average Bonchev–Trinajstić information content (AvgIpc) is 1.80. The molecule has 0 radical (unpaired) electrons. The van der Waals surface area contributed by atoms with Gasteiger partial charge in [-0.1, -0.05) is 19.8 Å². The summed E-state index contributed by atoms with van der Waals surface area (Å²) in [4.78, 5) is 0. The molecule has 0 heterocycles. The summed E-state index contributed by atoms with van der Waals surface area (Å²) in [6, 6.07) is 0. The van der Waals surface area contributed by atoms with E-state index in [2.05, 4.69) is 6.92 Å². The van der Waals surface area contributed by atoms with E-state index < -0.39 is 8.35 Å². The summed E-state index contributed by atoms with van der Waals surface area (Å²) in [5.41, 5.74) is 0. The fourth-order valence-electron chi connectivity index (χ4n) is 0.642. The minimum Gasteiger partial charge on any atom is -0.609 e. The average molecular weight is 260 g/mol. The Morgan fingerprint density at radius 3 is 2.44 bits per heavy atom. The molecule has 0 spiro atoms. The highest BCUT2D eigenvalue weighted by molar-refractivity contribution is 14.2. The Morgan fingerprint density at radius 1 is 1.33 bits per heavy atom. The fraction of sp³-hybridized carbons (Fsp3) is 1.00. The molecule has 9 heavy (non-hydrogen) atoms. The Hall–Kier alpha value is 1.04. The Bertz CT molecular complexity index is 59.0. The molecule has 0 aliphatic rings. The SMILES string of the molecule is CCCCCC[S+]([O-])I. The third kappa shape index (κ3) is 9.04. The number of rotatable bonds is 5. The Morgan fingerprint density at radius 2 is 2.00 bits per heavy atom. The predicted octanol–water partition coefficient (Wildman–Crippen LogP) is 2.67. The van der Waals surface area contributed by atoms with Gasteiger partial charge in [0.05, 0.1) is 0 Å². The molecule has 56 valence electrons. The van der Waals surface area contributed by atoms with Gasteiger partial charge in [-0.2, -0.15) is 0 Å². The van der Waals surface area contributed by atoms with Gasteiger partial charge in [0.1, 0.15) is 5.75 Å². The van der Waals surface area contributed by atoms with E-state index in [0.717, 1.165) is 12.2 Å². The molecule has 1 unspecified atom stereocenters. The maximum Gasteiger partial charge on any atom is 0.248 e. The second kappa shape index (κ2) is 7.15. The lowest BCUT2D eigenvalue weighted by Crippen LogP contribution is -1.95. The van der Waals surface area contributed by atoms with Crippen molar-refractivity contribution >= 4 is 29.6 Å². The van der Waals surface area contributed by atoms with Crippen molar-refractivity contribution in [1.82, 2.24) is 0 Å². The minimum absolute atomic E-state index is 0.599. The van der Waals surface area contributed by atoms with Gasteiger partial charge in [0.25, 0.3) is 0 Å². The Kier molecular flexibility index (Phi) is 7.98. The van der Waals surface area contributed by atoms with Crippen molar-refractivity contribution in [3.8, 4) is 0 Å². The quantitative estimate of drug-likeness (QED) is 0.423. The van der Waals surface area contributed by atoms with Gasteiger partial charge in [-0.25, -0.2) is 0 Å². The topological polar surface area (TPSA) is 23.1 Å². The first-order chi connectivity index (χ1) is 4.27. The van der Waals surface area contributed by atoms with E-state index in [1.165, 1.54) is 19.3 Å². The molecular formula is C6H13IOS. The van der Waals surface area contributed by atoms with Gasteiger partial charge < -0.3 is 4.55 Å². The molecule has 0 aromatic carbocycles. The van der Waals surface area contributed by atoms with E-state index in [0.29, 0.717) is 0 Å². The predicted molar refractivity (Wildman–Crippen MR) is 51.2 cm³/mol. The third-order valence-electron chi connectivity index (χ3n) is 1.16. The van der Waals surface area contributed by atoms with Gasteiger partial charge >= 0.3 is 0 Å². The normalized spacial score (nSPS) is 13.7. The molecule has 0 aromatic rings. The summed E-state index contributed by atoms with van der Waals surface area (Å²) in [5, 5.41) is 0. The smallest absolute Gasteiger partial charge is 0.248 e. The van der Waals surface area contributed by atoms with Crippen molar-refractivity contribution in [3.63, 3.8) is 0 Å². The largest absolute Gasteiger partial charge is 0.609 e. The van der Waals surface area contributed by atoms with E-state index >= 15 is 0 Å². The molecule has 0 fully saturated rings. The summed E-state index contributed by atoms with van der Waals surface area (Å²) in [6.45, 7) is 2.18. The zero-order chi connectivity index (χ0) is 7.11. The Labute approximate surface area is 72.4 Å². The summed E-state index contributed by atoms with van der Waals surface area (Å²) in [7, 11) is -0.599. The highest BCUT2D eigenvalue weighted by atomic mass is 127. The van der Waals surface area contributed by atoms with Crippen LogP contribution in [0.1, 0.15) is 32.6 Å². The van der Waals surface area contributed by atoms with Crippen molar-refractivity contribution in [1.29, 1.82) is 0 Å². The zero-order valence-electron chi connectivity index (χ0n) is 5.73. The first-order valence-electron chi connectivity index (χ1n) is 3.32. The fourth-order valence-corrected chi connectivity index (χ4v) is 2.01. The van der Waals surface area contributed by atoms with Crippen molar-refractivity contribution in [2.45, 2.75) is 32.6 Å². The van der Waals surface area contributed by atoms with E-state index in [-0.39, 0.29) is 0 Å². The van der Waals surface area contributed by atoms with Crippen molar-refractivity contribution in [2.24, 2.45) is 0 Å². The van der Waals surface area contributed by atoms with E-state index in [9.17, 15) is 4.55 Å². The van der Waals surface area contributed by atoms with Gasteiger partial charge in [-0.05, 0) is 12.8 Å². The van der Waals surface area contributed by atoms with Crippen LogP contribution in [-0.2, 0) is 8.35 Å². The van der Waals surface area contributed by atoms with Gasteiger partial charge in [0, 0.05) is 8.35 Å². The number of hydrogen-bond acceptors (Lipinski definition) is 1. The summed E-state index contributed by atoms with van der Waals surface area (Å²) in [6.07, 6.45) is 4.91. The van der Waals surface area contributed by atoms with Crippen LogP contribution in [0.5, 0.6) is 0 Å².